The highest BCUT2D eigenvalue weighted by Crippen LogP contribution is 2.33. The standard InChI is InChI=1S/C17H27N3O/c1-3-13-11-14(19(2)18-13)12-20-10-6-8-16(20)15-7-4-5-9-17(15)21/h11,15-16H,3-10,12H2,1-2H3. The van der Waals surface area contributed by atoms with Crippen LogP contribution in [0.1, 0.15) is 56.8 Å². The second-order valence-corrected chi connectivity index (χ2v) is 6.60. The lowest BCUT2D eigenvalue weighted by molar-refractivity contribution is -0.126. The van der Waals surface area contributed by atoms with Gasteiger partial charge in [-0.15, -0.1) is 0 Å². The molecule has 2 atom stereocenters. The maximum absolute atomic E-state index is 12.3. The number of hydrogen-bond acceptors (Lipinski definition) is 3. The molecular weight excluding hydrogens is 262 g/mol. The van der Waals surface area contributed by atoms with Gasteiger partial charge < -0.3 is 0 Å². The average Bonchev–Trinajstić information content (AvgIpc) is 3.07. The minimum Gasteiger partial charge on any atom is -0.299 e. The number of ketones is 1. The number of hydrogen-bond donors (Lipinski definition) is 0. The molecule has 0 spiro atoms. The monoisotopic (exact) mass is 289 g/mol. The molecule has 0 N–H and O–H groups in total. The molecule has 0 aromatic carbocycles. The van der Waals surface area contributed by atoms with E-state index < -0.39 is 0 Å². The number of likely N-dealkylation sites (tertiary alicyclic amines) is 1. The molecule has 1 aromatic heterocycles. The van der Waals surface area contributed by atoms with Crippen molar-refractivity contribution in [2.45, 2.75) is 64.5 Å². The number of aromatic nitrogens is 2. The van der Waals surface area contributed by atoms with Crippen LogP contribution in [-0.2, 0) is 24.8 Å². The zero-order valence-electron chi connectivity index (χ0n) is 13.3. The van der Waals surface area contributed by atoms with Crippen LogP contribution >= 0.6 is 0 Å². The van der Waals surface area contributed by atoms with Crippen LogP contribution in [0.5, 0.6) is 0 Å². The van der Waals surface area contributed by atoms with Crippen LogP contribution in [0.15, 0.2) is 6.07 Å². The molecule has 2 fully saturated rings. The third-order valence-corrected chi connectivity index (χ3v) is 5.24. The van der Waals surface area contributed by atoms with E-state index in [0.29, 0.717) is 17.7 Å². The first-order valence-corrected chi connectivity index (χ1v) is 8.47. The summed E-state index contributed by atoms with van der Waals surface area (Å²) >= 11 is 0. The Labute approximate surface area is 127 Å². The minimum absolute atomic E-state index is 0.292. The van der Waals surface area contributed by atoms with Crippen LogP contribution in [0.2, 0.25) is 0 Å². The lowest BCUT2D eigenvalue weighted by atomic mass is 9.82. The predicted octanol–water partition coefficient (Wildman–Crippen LogP) is 2.71. The molecule has 1 saturated carbocycles. The van der Waals surface area contributed by atoms with Gasteiger partial charge in [0.15, 0.2) is 0 Å². The SMILES string of the molecule is CCc1cc(CN2CCCC2C2CCCCC2=O)n(C)n1. The molecule has 0 amide bonds. The molecule has 2 unspecified atom stereocenters. The van der Waals surface area contributed by atoms with E-state index in [1.165, 1.54) is 25.0 Å². The molecule has 1 aromatic rings. The highest BCUT2D eigenvalue weighted by Gasteiger charge is 2.36. The fraction of sp³-hybridized carbons (Fsp3) is 0.765. The normalized spacial score (nSPS) is 27.4. The number of carbonyl (C=O) groups excluding carboxylic acids is 1. The minimum atomic E-state index is 0.292. The topological polar surface area (TPSA) is 38.1 Å². The Morgan fingerprint density at radius 2 is 2.14 bits per heavy atom. The van der Waals surface area contributed by atoms with Crippen molar-refractivity contribution in [3.05, 3.63) is 17.5 Å². The predicted molar refractivity (Wildman–Crippen MR) is 83.0 cm³/mol. The number of aryl methyl sites for hydroxylation is 2. The van der Waals surface area contributed by atoms with Gasteiger partial charge in [0.1, 0.15) is 5.78 Å². The fourth-order valence-corrected chi connectivity index (χ4v) is 4.02. The zero-order chi connectivity index (χ0) is 14.8. The van der Waals surface area contributed by atoms with E-state index in [4.69, 9.17) is 0 Å². The summed E-state index contributed by atoms with van der Waals surface area (Å²) in [5.41, 5.74) is 2.44. The van der Waals surface area contributed by atoms with Crippen LogP contribution in [0.4, 0.5) is 0 Å². The quantitative estimate of drug-likeness (QED) is 0.855. The highest BCUT2D eigenvalue weighted by molar-refractivity contribution is 5.82. The first-order chi connectivity index (χ1) is 10.2. The van der Waals surface area contributed by atoms with Gasteiger partial charge >= 0.3 is 0 Å². The summed E-state index contributed by atoms with van der Waals surface area (Å²) in [6.45, 7) is 4.21. The lowest BCUT2D eigenvalue weighted by Gasteiger charge is -2.33. The molecule has 1 saturated heterocycles. The summed E-state index contributed by atoms with van der Waals surface area (Å²) in [6, 6.07) is 2.69. The molecule has 4 nitrogen and oxygen atoms in total. The highest BCUT2D eigenvalue weighted by atomic mass is 16.1. The van der Waals surface area contributed by atoms with Gasteiger partial charge in [0, 0.05) is 32.0 Å². The largest absolute Gasteiger partial charge is 0.299 e. The third kappa shape index (κ3) is 3.05. The van der Waals surface area contributed by atoms with Crippen molar-refractivity contribution in [3.63, 3.8) is 0 Å². The Bertz CT molecular complexity index is 508. The van der Waals surface area contributed by atoms with Gasteiger partial charge in [0.05, 0.1) is 11.4 Å². The van der Waals surface area contributed by atoms with Crippen LogP contribution in [0, 0.1) is 5.92 Å². The summed E-state index contributed by atoms with van der Waals surface area (Å²) < 4.78 is 2.01. The molecule has 116 valence electrons. The molecule has 4 heteroatoms. The van der Waals surface area contributed by atoms with Gasteiger partial charge in [-0.1, -0.05) is 13.3 Å². The second-order valence-electron chi connectivity index (χ2n) is 6.60. The van der Waals surface area contributed by atoms with E-state index in [0.717, 1.165) is 44.5 Å². The Morgan fingerprint density at radius 1 is 1.29 bits per heavy atom. The number of carbonyl (C=O) groups is 1. The number of Topliss-reactive ketones (excluding diaryl/α,β-unsaturated/α-hetero) is 1. The first-order valence-electron chi connectivity index (χ1n) is 8.47. The molecule has 21 heavy (non-hydrogen) atoms. The zero-order valence-corrected chi connectivity index (χ0v) is 13.3. The van der Waals surface area contributed by atoms with E-state index in [1.54, 1.807) is 0 Å². The Hall–Kier alpha value is -1.16. The van der Waals surface area contributed by atoms with Crippen LogP contribution in [-0.4, -0.2) is 33.1 Å². The maximum atomic E-state index is 12.3. The molecule has 3 rings (SSSR count). The molecule has 2 aliphatic rings. The van der Waals surface area contributed by atoms with Crippen molar-refractivity contribution in [1.29, 1.82) is 0 Å². The summed E-state index contributed by atoms with van der Waals surface area (Å²) in [6.07, 6.45) is 7.64. The molecule has 2 heterocycles. The smallest absolute Gasteiger partial charge is 0.137 e. The summed E-state index contributed by atoms with van der Waals surface area (Å²) in [7, 11) is 2.03. The van der Waals surface area contributed by atoms with Gasteiger partial charge in [-0.25, -0.2) is 0 Å². The van der Waals surface area contributed by atoms with Crippen molar-refractivity contribution in [1.82, 2.24) is 14.7 Å². The van der Waals surface area contributed by atoms with Gasteiger partial charge in [-0.3, -0.25) is 14.4 Å². The molecule has 0 radical (unpaired) electrons. The summed E-state index contributed by atoms with van der Waals surface area (Å²) in [4.78, 5) is 14.8. The van der Waals surface area contributed by atoms with Crippen LogP contribution in [0.25, 0.3) is 0 Å². The van der Waals surface area contributed by atoms with E-state index >= 15 is 0 Å². The molecule has 0 bridgehead atoms. The van der Waals surface area contributed by atoms with Crippen molar-refractivity contribution in [2.75, 3.05) is 6.54 Å². The number of rotatable bonds is 4. The molecule has 1 aliphatic heterocycles. The van der Waals surface area contributed by atoms with Crippen LogP contribution in [0.3, 0.4) is 0 Å². The molecule has 1 aliphatic carbocycles. The van der Waals surface area contributed by atoms with Gasteiger partial charge in [0.2, 0.25) is 0 Å². The molecular formula is C17H27N3O. The van der Waals surface area contributed by atoms with E-state index in [1.807, 2.05) is 11.7 Å². The van der Waals surface area contributed by atoms with Crippen molar-refractivity contribution >= 4 is 5.78 Å². The summed E-state index contributed by atoms with van der Waals surface area (Å²) in [5.74, 6) is 0.803. The second kappa shape index (κ2) is 6.30. The Morgan fingerprint density at radius 3 is 2.86 bits per heavy atom. The Kier molecular flexibility index (Phi) is 4.43. The maximum Gasteiger partial charge on any atom is 0.137 e. The fourth-order valence-electron chi connectivity index (χ4n) is 4.02. The first kappa shape index (κ1) is 14.8. The van der Waals surface area contributed by atoms with E-state index in [9.17, 15) is 4.79 Å². The van der Waals surface area contributed by atoms with Gasteiger partial charge in [-0.05, 0) is 44.7 Å². The number of nitrogens with zero attached hydrogens (tertiary/aromatic N) is 3. The van der Waals surface area contributed by atoms with Crippen molar-refractivity contribution in [3.8, 4) is 0 Å². The van der Waals surface area contributed by atoms with Gasteiger partial charge in [-0.2, -0.15) is 5.10 Å². The van der Waals surface area contributed by atoms with Crippen molar-refractivity contribution in [2.24, 2.45) is 13.0 Å². The van der Waals surface area contributed by atoms with Crippen molar-refractivity contribution < 1.29 is 4.79 Å². The van der Waals surface area contributed by atoms with E-state index in [-0.39, 0.29) is 0 Å². The summed E-state index contributed by atoms with van der Waals surface area (Å²) in [5, 5.41) is 4.55. The lowest BCUT2D eigenvalue weighted by Crippen LogP contribution is -2.40. The van der Waals surface area contributed by atoms with Crippen LogP contribution < -0.4 is 0 Å². The van der Waals surface area contributed by atoms with Gasteiger partial charge in [0.25, 0.3) is 0 Å². The average molecular weight is 289 g/mol. The third-order valence-electron chi connectivity index (χ3n) is 5.24. The van der Waals surface area contributed by atoms with E-state index in [2.05, 4.69) is 23.0 Å². The Balaban J connectivity index is 1.71.